The zero-order valence-electron chi connectivity index (χ0n) is 18.9. The predicted octanol–water partition coefficient (Wildman–Crippen LogP) is 3.94. The minimum atomic E-state index is -0.0428. The number of anilines is 1. The highest BCUT2D eigenvalue weighted by Gasteiger charge is 2.35. The van der Waals surface area contributed by atoms with Crippen LogP contribution in [0.3, 0.4) is 0 Å². The normalized spacial score (nSPS) is 18.0. The lowest BCUT2D eigenvalue weighted by atomic mass is 10.1. The van der Waals surface area contributed by atoms with E-state index in [4.69, 9.17) is 9.73 Å². The molecule has 0 unspecified atom stereocenters. The standard InChI is InChI=1S/C27H28N4O2/c1-33-23-13-11-22(12-14-23)28-26-24-9-5-6-10-25(24)31(27(26)32)20-30-17-15-29(16-18-30)19-21-7-3-2-4-8-21/h2-14H,15-20H2,1H3. The van der Waals surface area contributed by atoms with Crippen molar-refractivity contribution < 1.29 is 9.53 Å². The maximum absolute atomic E-state index is 13.4. The summed E-state index contributed by atoms with van der Waals surface area (Å²) in [4.78, 5) is 24.8. The number of benzene rings is 3. The first-order chi connectivity index (χ1) is 16.2. The number of amides is 1. The Hall–Kier alpha value is -3.48. The summed E-state index contributed by atoms with van der Waals surface area (Å²) in [5.74, 6) is 0.726. The van der Waals surface area contributed by atoms with Gasteiger partial charge in [-0.25, -0.2) is 4.99 Å². The second-order valence-electron chi connectivity index (χ2n) is 8.43. The van der Waals surface area contributed by atoms with Crippen LogP contribution in [0, 0.1) is 0 Å². The molecule has 0 radical (unpaired) electrons. The molecule has 168 valence electrons. The molecule has 5 rings (SSSR count). The quantitative estimate of drug-likeness (QED) is 0.583. The lowest BCUT2D eigenvalue weighted by Crippen LogP contribution is -2.50. The summed E-state index contributed by atoms with van der Waals surface area (Å²) >= 11 is 0. The lowest BCUT2D eigenvalue weighted by molar-refractivity contribution is -0.112. The van der Waals surface area contributed by atoms with Crippen molar-refractivity contribution in [2.75, 3.05) is 44.9 Å². The van der Waals surface area contributed by atoms with Crippen molar-refractivity contribution in [1.29, 1.82) is 0 Å². The van der Waals surface area contributed by atoms with E-state index in [1.54, 1.807) is 7.11 Å². The van der Waals surface area contributed by atoms with Crippen LogP contribution in [-0.2, 0) is 11.3 Å². The van der Waals surface area contributed by atoms with E-state index in [1.165, 1.54) is 5.56 Å². The van der Waals surface area contributed by atoms with Gasteiger partial charge in [0.2, 0.25) is 0 Å². The van der Waals surface area contributed by atoms with Crippen molar-refractivity contribution >= 4 is 23.0 Å². The van der Waals surface area contributed by atoms with Crippen LogP contribution in [-0.4, -0.2) is 61.4 Å². The molecule has 0 saturated carbocycles. The zero-order chi connectivity index (χ0) is 22.6. The Morgan fingerprint density at radius 2 is 1.48 bits per heavy atom. The summed E-state index contributed by atoms with van der Waals surface area (Å²) in [5.41, 5.74) is 4.40. The molecule has 0 aliphatic carbocycles. The van der Waals surface area contributed by atoms with Crippen LogP contribution >= 0.6 is 0 Å². The highest BCUT2D eigenvalue weighted by Crippen LogP contribution is 2.31. The fourth-order valence-electron chi connectivity index (χ4n) is 4.43. The van der Waals surface area contributed by atoms with Crippen LogP contribution < -0.4 is 9.64 Å². The van der Waals surface area contributed by atoms with Crippen molar-refractivity contribution in [3.05, 3.63) is 90.0 Å². The topological polar surface area (TPSA) is 48.4 Å². The number of fused-ring (bicyclic) bond motifs is 1. The van der Waals surface area contributed by atoms with Gasteiger partial charge >= 0.3 is 0 Å². The third-order valence-electron chi connectivity index (χ3n) is 6.27. The number of piperazine rings is 1. The molecule has 0 bridgehead atoms. The van der Waals surface area contributed by atoms with Gasteiger partial charge in [0.15, 0.2) is 0 Å². The van der Waals surface area contributed by atoms with Gasteiger partial charge in [0.05, 0.1) is 25.2 Å². The molecule has 6 heteroatoms. The Morgan fingerprint density at radius 1 is 0.818 bits per heavy atom. The van der Waals surface area contributed by atoms with Crippen LogP contribution in [0.15, 0.2) is 83.9 Å². The first-order valence-corrected chi connectivity index (χ1v) is 11.3. The summed E-state index contributed by atoms with van der Waals surface area (Å²) in [7, 11) is 1.64. The van der Waals surface area contributed by atoms with Gasteiger partial charge in [-0.3, -0.25) is 19.5 Å². The summed E-state index contributed by atoms with van der Waals surface area (Å²) in [6.07, 6.45) is 0. The molecule has 2 aliphatic heterocycles. The molecule has 2 aliphatic rings. The van der Waals surface area contributed by atoms with E-state index in [-0.39, 0.29) is 5.91 Å². The van der Waals surface area contributed by atoms with Gasteiger partial charge in [0, 0.05) is 38.3 Å². The molecule has 0 N–H and O–H groups in total. The minimum Gasteiger partial charge on any atom is -0.497 e. The summed E-state index contributed by atoms with van der Waals surface area (Å²) < 4.78 is 5.23. The average Bonchev–Trinajstić information content (AvgIpc) is 3.12. The number of para-hydroxylation sites is 1. The van der Waals surface area contributed by atoms with Crippen LogP contribution in [0.1, 0.15) is 11.1 Å². The Kier molecular flexibility index (Phi) is 6.19. The van der Waals surface area contributed by atoms with Crippen molar-refractivity contribution in [1.82, 2.24) is 9.80 Å². The molecule has 1 amide bonds. The van der Waals surface area contributed by atoms with Crippen LogP contribution in [0.5, 0.6) is 5.75 Å². The van der Waals surface area contributed by atoms with Gasteiger partial charge in [-0.1, -0.05) is 48.5 Å². The number of ether oxygens (including phenoxy) is 1. The zero-order valence-corrected chi connectivity index (χ0v) is 18.9. The number of nitrogens with zero attached hydrogens (tertiary/aromatic N) is 4. The van der Waals surface area contributed by atoms with Gasteiger partial charge in [0.1, 0.15) is 11.5 Å². The highest BCUT2D eigenvalue weighted by molar-refractivity contribution is 6.54. The van der Waals surface area contributed by atoms with Crippen LogP contribution in [0.4, 0.5) is 11.4 Å². The maximum Gasteiger partial charge on any atom is 0.278 e. The Labute approximate surface area is 194 Å². The van der Waals surface area contributed by atoms with Crippen LogP contribution in [0.25, 0.3) is 0 Å². The SMILES string of the molecule is COc1ccc(N=C2C(=O)N(CN3CCN(Cc4ccccc4)CC3)c3ccccc32)cc1. The van der Waals surface area contributed by atoms with E-state index in [9.17, 15) is 4.79 Å². The Morgan fingerprint density at radius 3 is 2.21 bits per heavy atom. The van der Waals surface area contributed by atoms with Crippen molar-refractivity contribution in [3.63, 3.8) is 0 Å². The van der Waals surface area contributed by atoms with E-state index in [1.807, 2.05) is 53.4 Å². The Bertz CT molecular complexity index is 1140. The minimum absolute atomic E-state index is 0.0428. The summed E-state index contributed by atoms with van der Waals surface area (Å²) in [5, 5.41) is 0. The third-order valence-corrected chi connectivity index (χ3v) is 6.27. The van der Waals surface area contributed by atoms with Crippen molar-refractivity contribution in [2.45, 2.75) is 6.54 Å². The second kappa shape index (κ2) is 9.57. The molecule has 0 spiro atoms. The number of methoxy groups -OCH3 is 1. The molecule has 1 fully saturated rings. The highest BCUT2D eigenvalue weighted by atomic mass is 16.5. The predicted molar refractivity (Wildman–Crippen MR) is 131 cm³/mol. The molecular weight excluding hydrogens is 412 g/mol. The molecule has 6 nitrogen and oxygen atoms in total. The fourth-order valence-corrected chi connectivity index (χ4v) is 4.43. The molecule has 0 aromatic heterocycles. The summed E-state index contributed by atoms with van der Waals surface area (Å²) in [6.45, 7) is 5.40. The molecule has 0 atom stereocenters. The Balaban J connectivity index is 1.28. The van der Waals surface area contributed by atoms with Crippen molar-refractivity contribution in [2.24, 2.45) is 4.99 Å². The van der Waals surface area contributed by atoms with Gasteiger partial charge in [-0.05, 0) is 35.9 Å². The molecule has 2 heterocycles. The molecular formula is C27H28N4O2. The van der Waals surface area contributed by atoms with E-state index < -0.39 is 0 Å². The second-order valence-corrected chi connectivity index (χ2v) is 8.43. The maximum atomic E-state index is 13.4. The van der Waals surface area contributed by atoms with Gasteiger partial charge in [0.25, 0.3) is 5.91 Å². The fraction of sp³-hybridized carbons (Fsp3) is 0.259. The van der Waals surface area contributed by atoms with Gasteiger partial charge in [-0.15, -0.1) is 0 Å². The monoisotopic (exact) mass is 440 g/mol. The average molecular weight is 441 g/mol. The first-order valence-electron chi connectivity index (χ1n) is 11.3. The smallest absolute Gasteiger partial charge is 0.278 e. The number of hydrogen-bond acceptors (Lipinski definition) is 5. The number of aliphatic imine (C=N–C) groups is 1. The van der Waals surface area contributed by atoms with E-state index >= 15 is 0 Å². The van der Waals surface area contributed by atoms with E-state index in [0.717, 1.165) is 55.4 Å². The van der Waals surface area contributed by atoms with Crippen molar-refractivity contribution in [3.8, 4) is 5.75 Å². The van der Waals surface area contributed by atoms with Gasteiger partial charge in [-0.2, -0.15) is 0 Å². The van der Waals surface area contributed by atoms with Gasteiger partial charge < -0.3 is 4.74 Å². The van der Waals surface area contributed by atoms with Crippen LogP contribution in [0.2, 0.25) is 0 Å². The number of carbonyl (C=O) groups excluding carboxylic acids is 1. The molecule has 3 aromatic rings. The number of rotatable bonds is 6. The first kappa shape index (κ1) is 21.4. The molecule has 33 heavy (non-hydrogen) atoms. The number of hydrogen-bond donors (Lipinski definition) is 0. The van der Waals surface area contributed by atoms with E-state index in [2.05, 4.69) is 40.1 Å². The number of carbonyl (C=O) groups is 1. The lowest BCUT2D eigenvalue weighted by Gasteiger charge is -2.36. The molecule has 3 aromatic carbocycles. The molecule has 1 saturated heterocycles. The largest absolute Gasteiger partial charge is 0.497 e. The summed E-state index contributed by atoms with van der Waals surface area (Å²) in [6, 6.07) is 26.0. The third kappa shape index (κ3) is 4.67. The van der Waals surface area contributed by atoms with E-state index in [0.29, 0.717) is 12.4 Å².